The molecule has 1 aliphatic heterocycles. The molecule has 0 bridgehead atoms. The second-order valence-electron chi connectivity index (χ2n) is 5.05. The van der Waals surface area contributed by atoms with Crippen LogP contribution in [0.25, 0.3) is 0 Å². The van der Waals surface area contributed by atoms with Crippen LogP contribution in [-0.2, 0) is 9.53 Å². The van der Waals surface area contributed by atoms with Gasteiger partial charge in [-0.1, -0.05) is 13.8 Å². The fourth-order valence-electron chi connectivity index (χ4n) is 2.01. The molecule has 0 saturated carbocycles. The Kier molecular flexibility index (Phi) is 4.98. The van der Waals surface area contributed by atoms with Gasteiger partial charge in [-0.3, -0.25) is 4.90 Å². The summed E-state index contributed by atoms with van der Waals surface area (Å²) in [5, 5.41) is 0. The van der Waals surface area contributed by atoms with Crippen LogP contribution in [-0.4, -0.2) is 48.8 Å². The zero-order valence-corrected chi connectivity index (χ0v) is 10.5. The number of piperidine rings is 1. The van der Waals surface area contributed by atoms with Crippen molar-refractivity contribution in [2.75, 3.05) is 19.6 Å². The van der Waals surface area contributed by atoms with E-state index in [1.165, 1.54) is 0 Å². The summed E-state index contributed by atoms with van der Waals surface area (Å²) in [6.07, 6.45) is -5.31. The fraction of sp³-hybridized carbons (Fsp3) is 0.909. The number of hydrogen-bond acceptors (Lipinski definition) is 4. The molecule has 1 heterocycles. The number of likely N-dealkylation sites (tertiary alicyclic amines) is 1. The maximum atomic E-state index is 12.1. The van der Waals surface area contributed by atoms with Crippen molar-refractivity contribution < 1.29 is 22.7 Å². The lowest BCUT2D eigenvalue weighted by atomic mass is 10.0. The molecule has 2 atom stereocenters. The van der Waals surface area contributed by atoms with Crippen molar-refractivity contribution in [1.29, 1.82) is 0 Å². The Morgan fingerprint density at radius 2 is 2.11 bits per heavy atom. The molecule has 0 aliphatic carbocycles. The lowest BCUT2D eigenvalue weighted by molar-refractivity contribution is -0.207. The summed E-state index contributed by atoms with van der Waals surface area (Å²) >= 11 is 0. The predicted octanol–water partition coefficient (Wildman–Crippen LogP) is 1.15. The summed E-state index contributed by atoms with van der Waals surface area (Å²) < 4.78 is 40.8. The first-order chi connectivity index (χ1) is 8.20. The van der Waals surface area contributed by atoms with Gasteiger partial charge in [0.15, 0.2) is 0 Å². The van der Waals surface area contributed by atoms with E-state index in [2.05, 4.69) is 4.74 Å². The quantitative estimate of drug-likeness (QED) is 0.780. The molecule has 18 heavy (non-hydrogen) atoms. The third-order valence-electron chi connectivity index (χ3n) is 2.81. The molecule has 0 amide bonds. The smallest absolute Gasteiger partial charge is 0.453 e. The van der Waals surface area contributed by atoms with Gasteiger partial charge in [-0.05, 0) is 18.9 Å². The van der Waals surface area contributed by atoms with Gasteiger partial charge in [-0.25, -0.2) is 4.79 Å². The molecule has 4 nitrogen and oxygen atoms in total. The second-order valence-corrected chi connectivity index (χ2v) is 5.05. The number of nitrogens with zero attached hydrogens (tertiary/aromatic N) is 1. The predicted molar refractivity (Wildman–Crippen MR) is 59.8 cm³/mol. The maximum absolute atomic E-state index is 12.1. The van der Waals surface area contributed by atoms with Crippen molar-refractivity contribution in [3.8, 4) is 0 Å². The van der Waals surface area contributed by atoms with E-state index in [-0.39, 0.29) is 6.54 Å². The largest absolute Gasteiger partial charge is 0.490 e. The van der Waals surface area contributed by atoms with E-state index >= 15 is 0 Å². The third kappa shape index (κ3) is 4.45. The third-order valence-corrected chi connectivity index (χ3v) is 2.81. The monoisotopic (exact) mass is 268 g/mol. The maximum Gasteiger partial charge on any atom is 0.490 e. The number of hydrogen-bond donors (Lipinski definition) is 1. The number of rotatable bonds is 3. The molecule has 1 fully saturated rings. The van der Waals surface area contributed by atoms with Crippen molar-refractivity contribution >= 4 is 5.97 Å². The number of halogens is 3. The van der Waals surface area contributed by atoms with Gasteiger partial charge in [0.1, 0.15) is 6.10 Å². The Labute approximate surface area is 104 Å². The van der Waals surface area contributed by atoms with Gasteiger partial charge in [0.2, 0.25) is 0 Å². The highest BCUT2D eigenvalue weighted by molar-refractivity contribution is 5.75. The van der Waals surface area contributed by atoms with Crippen molar-refractivity contribution in [2.45, 2.75) is 38.6 Å². The summed E-state index contributed by atoms with van der Waals surface area (Å²) in [4.78, 5) is 12.8. The van der Waals surface area contributed by atoms with E-state index in [0.717, 1.165) is 13.1 Å². The van der Waals surface area contributed by atoms with Gasteiger partial charge in [0.05, 0.1) is 0 Å². The number of carbonyl (C=O) groups excluding carboxylic acids is 1. The van der Waals surface area contributed by atoms with Crippen molar-refractivity contribution in [3.05, 3.63) is 0 Å². The molecule has 0 spiro atoms. The second kappa shape index (κ2) is 5.88. The van der Waals surface area contributed by atoms with Gasteiger partial charge >= 0.3 is 12.1 Å². The van der Waals surface area contributed by atoms with Crippen LogP contribution in [0.1, 0.15) is 20.3 Å². The van der Waals surface area contributed by atoms with Gasteiger partial charge in [-0.2, -0.15) is 13.2 Å². The number of carbonyl (C=O) groups is 1. The van der Waals surface area contributed by atoms with Crippen LogP contribution in [0.4, 0.5) is 13.2 Å². The van der Waals surface area contributed by atoms with Crippen LogP contribution in [0, 0.1) is 5.92 Å². The zero-order chi connectivity index (χ0) is 13.9. The molecule has 0 aromatic heterocycles. The average Bonchev–Trinajstić information content (AvgIpc) is 2.20. The van der Waals surface area contributed by atoms with E-state index < -0.39 is 24.3 Å². The Morgan fingerprint density at radius 3 is 2.61 bits per heavy atom. The van der Waals surface area contributed by atoms with E-state index in [9.17, 15) is 18.0 Å². The van der Waals surface area contributed by atoms with E-state index in [1.807, 2.05) is 18.7 Å². The van der Waals surface area contributed by atoms with Crippen molar-refractivity contribution in [3.63, 3.8) is 0 Å². The lowest BCUT2D eigenvalue weighted by Gasteiger charge is -2.37. The fourth-order valence-corrected chi connectivity index (χ4v) is 2.01. The summed E-state index contributed by atoms with van der Waals surface area (Å²) in [5.74, 6) is -1.76. The first-order valence-corrected chi connectivity index (χ1v) is 5.96. The van der Waals surface area contributed by atoms with Gasteiger partial charge < -0.3 is 10.5 Å². The van der Waals surface area contributed by atoms with Gasteiger partial charge in [-0.15, -0.1) is 0 Å². The van der Waals surface area contributed by atoms with E-state index in [1.54, 1.807) is 0 Å². The molecule has 0 aromatic rings. The summed E-state index contributed by atoms with van der Waals surface area (Å²) in [6, 6.07) is -0.528. The van der Waals surface area contributed by atoms with Crippen LogP contribution in [0.2, 0.25) is 0 Å². The molecule has 2 N–H and O–H groups in total. The summed E-state index contributed by atoms with van der Waals surface area (Å²) in [5.41, 5.74) is 5.69. The number of esters is 1. The highest BCUT2D eigenvalue weighted by Gasteiger charge is 2.43. The number of ether oxygens (including phenoxy) is 1. The molecule has 1 rings (SSSR count). The van der Waals surface area contributed by atoms with Gasteiger partial charge in [0.25, 0.3) is 0 Å². The molecular weight excluding hydrogens is 249 g/mol. The van der Waals surface area contributed by atoms with Crippen molar-refractivity contribution in [1.82, 2.24) is 4.90 Å². The minimum Gasteiger partial charge on any atom is -0.453 e. The first-order valence-electron chi connectivity index (χ1n) is 5.96. The zero-order valence-electron chi connectivity index (χ0n) is 10.5. The van der Waals surface area contributed by atoms with Crippen LogP contribution < -0.4 is 5.73 Å². The number of alkyl halides is 3. The molecule has 0 radical (unpaired) electrons. The molecule has 7 heteroatoms. The minimum absolute atomic E-state index is 0.265. The molecule has 0 aromatic carbocycles. The highest BCUT2D eigenvalue weighted by Crippen LogP contribution is 2.21. The Hall–Kier alpha value is -0.820. The lowest BCUT2D eigenvalue weighted by Crippen LogP contribution is -2.53. The molecule has 106 valence electrons. The summed E-state index contributed by atoms with van der Waals surface area (Å²) in [7, 11) is 0. The Bertz CT molecular complexity index is 295. The van der Waals surface area contributed by atoms with Gasteiger partial charge in [0, 0.05) is 19.1 Å². The van der Waals surface area contributed by atoms with Crippen LogP contribution in [0.15, 0.2) is 0 Å². The van der Waals surface area contributed by atoms with Crippen LogP contribution >= 0.6 is 0 Å². The first kappa shape index (κ1) is 15.2. The van der Waals surface area contributed by atoms with Crippen molar-refractivity contribution in [2.24, 2.45) is 11.7 Å². The Balaban J connectivity index is 2.55. The topological polar surface area (TPSA) is 55.6 Å². The Morgan fingerprint density at radius 1 is 1.50 bits per heavy atom. The molecule has 1 aliphatic rings. The van der Waals surface area contributed by atoms with Crippen LogP contribution in [0.3, 0.4) is 0 Å². The normalized spacial score (nSPS) is 26.4. The highest BCUT2D eigenvalue weighted by atomic mass is 19.4. The van der Waals surface area contributed by atoms with E-state index in [4.69, 9.17) is 5.73 Å². The van der Waals surface area contributed by atoms with E-state index in [0.29, 0.717) is 12.3 Å². The standard InChI is InChI=1S/C11H19F3N2O2/c1-7(2)5-16-4-3-8(15)9(6-16)18-10(17)11(12,13)14/h7-9H,3-6,15H2,1-2H3. The average molecular weight is 268 g/mol. The molecular formula is C11H19F3N2O2. The van der Waals surface area contributed by atoms with Crippen LogP contribution in [0.5, 0.6) is 0 Å². The summed E-state index contributed by atoms with van der Waals surface area (Å²) in [6.45, 7) is 5.78. The number of nitrogens with two attached hydrogens (primary N) is 1. The SMILES string of the molecule is CC(C)CN1CCC(N)C(OC(=O)C(F)(F)F)C1. The molecule has 1 saturated heterocycles. The molecule has 2 unspecified atom stereocenters. The minimum atomic E-state index is -4.96.